The molecule has 4 rings (SSSR count). The van der Waals surface area contributed by atoms with E-state index in [2.05, 4.69) is 20.4 Å². The van der Waals surface area contributed by atoms with Gasteiger partial charge in [0, 0.05) is 11.8 Å². The maximum atomic E-state index is 12.2. The van der Waals surface area contributed by atoms with Gasteiger partial charge in [0.1, 0.15) is 17.9 Å². The van der Waals surface area contributed by atoms with E-state index in [-0.39, 0.29) is 12.5 Å². The van der Waals surface area contributed by atoms with Gasteiger partial charge in [-0.25, -0.2) is 14.6 Å². The molecule has 0 spiro atoms. The number of hydrogen-bond acceptors (Lipinski definition) is 5. The van der Waals surface area contributed by atoms with Gasteiger partial charge in [0.25, 0.3) is 5.91 Å². The van der Waals surface area contributed by atoms with Crippen molar-refractivity contribution in [3.8, 4) is 11.6 Å². The minimum atomic E-state index is -0.300. The Balaban J connectivity index is 1.42. The number of ether oxygens (including phenoxy) is 1. The molecule has 28 heavy (non-hydrogen) atoms. The molecule has 140 valence electrons. The number of benzene rings is 2. The van der Waals surface area contributed by atoms with E-state index in [0.29, 0.717) is 17.4 Å². The quantitative estimate of drug-likeness (QED) is 0.579. The molecule has 0 aliphatic carbocycles. The van der Waals surface area contributed by atoms with Crippen LogP contribution >= 0.6 is 0 Å². The molecule has 2 heterocycles. The molecule has 1 N–H and O–H groups in total. The van der Waals surface area contributed by atoms with E-state index >= 15 is 0 Å². The molecule has 0 aliphatic rings. The van der Waals surface area contributed by atoms with Crippen LogP contribution in [0.2, 0.25) is 0 Å². The average molecular weight is 373 g/mol. The van der Waals surface area contributed by atoms with Gasteiger partial charge in [0.2, 0.25) is 0 Å². The second-order valence-corrected chi connectivity index (χ2v) is 6.45. The van der Waals surface area contributed by atoms with Crippen molar-refractivity contribution in [3.63, 3.8) is 0 Å². The number of anilines is 1. The predicted molar refractivity (Wildman–Crippen MR) is 107 cm³/mol. The number of carbonyl (C=O) groups excluding carboxylic acids is 1. The second kappa shape index (κ2) is 7.48. The standard InChI is InChI=1S/C21H19N5O2/c1-14-9-15(2)26(25-14)20-11-19(22-13-23-20)24-21(27)12-28-18-8-7-16-5-3-4-6-17(16)10-18/h3-11,13H,12H2,1-2H3,(H,22,23,24,27). The summed E-state index contributed by atoms with van der Waals surface area (Å²) < 4.78 is 7.32. The van der Waals surface area contributed by atoms with E-state index in [1.54, 1.807) is 10.7 Å². The van der Waals surface area contributed by atoms with Gasteiger partial charge in [-0.2, -0.15) is 5.10 Å². The van der Waals surface area contributed by atoms with Gasteiger partial charge in [0.05, 0.1) is 5.69 Å². The fourth-order valence-corrected chi connectivity index (χ4v) is 2.98. The number of amides is 1. The van der Waals surface area contributed by atoms with Crippen LogP contribution in [0.4, 0.5) is 5.82 Å². The van der Waals surface area contributed by atoms with E-state index in [1.807, 2.05) is 62.4 Å². The number of carbonyl (C=O) groups is 1. The highest BCUT2D eigenvalue weighted by atomic mass is 16.5. The van der Waals surface area contributed by atoms with Gasteiger partial charge in [-0.1, -0.05) is 30.3 Å². The number of aromatic nitrogens is 4. The predicted octanol–water partition coefficient (Wildman–Crippen LogP) is 3.45. The molecule has 0 bridgehead atoms. The highest BCUT2D eigenvalue weighted by Crippen LogP contribution is 2.20. The van der Waals surface area contributed by atoms with Crippen molar-refractivity contribution in [2.24, 2.45) is 0 Å². The SMILES string of the molecule is Cc1cc(C)n(-c2cc(NC(=O)COc3ccc4ccccc4c3)ncn2)n1. The van der Waals surface area contributed by atoms with Crippen LogP contribution in [0.5, 0.6) is 5.75 Å². The minimum Gasteiger partial charge on any atom is -0.484 e. The molecule has 4 aromatic rings. The largest absolute Gasteiger partial charge is 0.484 e. The number of nitrogens with one attached hydrogen (secondary N) is 1. The Morgan fingerprint density at radius 1 is 1.04 bits per heavy atom. The summed E-state index contributed by atoms with van der Waals surface area (Å²) in [4.78, 5) is 20.6. The summed E-state index contributed by atoms with van der Waals surface area (Å²) >= 11 is 0. The van der Waals surface area contributed by atoms with Crippen LogP contribution in [0, 0.1) is 13.8 Å². The Bertz CT molecular complexity index is 1150. The zero-order chi connectivity index (χ0) is 19.5. The van der Waals surface area contributed by atoms with Gasteiger partial charge in [-0.3, -0.25) is 4.79 Å². The number of rotatable bonds is 5. The van der Waals surface area contributed by atoms with Gasteiger partial charge in [-0.05, 0) is 42.8 Å². The normalized spacial score (nSPS) is 10.8. The zero-order valence-electron chi connectivity index (χ0n) is 15.6. The smallest absolute Gasteiger partial charge is 0.263 e. The molecule has 0 atom stereocenters. The van der Waals surface area contributed by atoms with Crippen molar-refractivity contribution >= 4 is 22.5 Å². The third kappa shape index (κ3) is 3.83. The first-order valence-electron chi connectivity index (χ1n) is 8.85. The van der Waals surface area contributed by atoms with Gasteiger partial charge in [0.15, 0.2) is 12.4 Å². The fourth-order valence-electron chi connectivity index (χ4n) is 2.98. The monoisotopic (exact) mass is 373 g/mol. The first kappa shape index (κ1) is 17.7. The molecule has 2 aromatic heterocycles. The Morgan fingerprint density at radius 2 is 1.86 bits per heavy atom. The van der Waals surface area contributed by atoms with Crippen molar-refractivity contribution < 1.29 is 9.53 Å². The highest BCUT2D eigenvalue weighted by molar-refractivity contribution is 5.91. The molecule has 7 heteroatoms. The lowest BCUT2D eigenvalue weighted by atomic mass is 10.1. The summed E-state index contributed by atoms with van der Waals surface area (Å²) in [6, 6.07) is 17.3. The van der Waals surface area contributed by atoms with Gasteiger partial charge in [-0.15, -0.1) is 0 Å². The molecule has 0 aliphatic heterocycles. The van der Waals surface area contributed by atoms with Crippen molar-refractivity contribution in [1.29, 1.82) is 0 Å². The van der Waals surface area contributed by atoms with Crippen LogP contribution in [0.25, 0.3) is 16.6 Å². The molecule has 1 amide bonds. The number of nitrogens with zero attached hydrogens (tertiary/aromatic N) is 4. The molecule has 0 unspecified atom stereocenters. The van der Waals surface area contributed by atoms with Crippen LogP contribution in [-0.4, -0.2) is 32.3 Å². The van der Waals surface area contributed by atoms with Crippen LogP contribution in [0.3, 0.4) is 0 Å². The molecule has 7 nitrogen and oxygen atoms in total. The van der Waals surface area contributed by atoms with E-state index < -0.39 is 0 Å². The second-order valence-electron chi connectivity index (χ2n) is 6.45. The Hall–Kier alpha value is -3.74. The van der Waals surface area contributed by atoms with Crippen LogP contribution in [0.15, 0.2) is 60.9 Å². The maximum Gasteiger partial charge on any atom is 0.263 e. The lowest BCUT2D eigenvalue weighted by Crippen LogP contribution is -2.21. The molecule has 0 saturated heterocycles. The average Bonchev–Trinajstić information content (AvgIpc) is 3.04. The van der Waals surface area contributed by atoms with Crippen molar-refractivity contribution in [2.45, 2.75) is 13.8 Å². The number of fused-ring (bicyclic) bond motifs is 1. The lowest BCUT2D eigenvalue weighted by Gasteiger charge is -2.09. The zero-order valence-corrected chi connectivity index (χ0v) is 15.6. The summed E-state index contributed by atoms with van der Waals surface area (Å²) in [7, 11) is 0. The number of aryl methyl sites for hydroxylation is 2. The maximum absolute atomic E-state index is 12.2. The minimum absolute atomic E-state index is 0.114. The van der Waals surface area contributed by atoms with E-state index in [1.165, 1.54) is 6.33 Å². The molecule has 0 saturated carbocycles. The van der Waals surface area contributed by atoms with Crippen LogP contribution in [0.1, 0.15) is 11.4 Å². The summed E-state index contributed by atoms with van der Waals surface area (Å²) in [6.07, 6.45) is 1.39. The lowest BCUT2D eigenvalue weighted by molar-refractivity contribution is -0.118. The molecule has 0 fully saturated rings. The summed E-state index contributed by atoms with van der Waals surface area (Å²) in [5.41, 5.74) is 1.85. The van der Waals surface area contributed by atoms with E-state index in [0.717, 1.165) is 22.2 Å². The topological polar surface area (TPSA) is 81.9 Å². The molecular weight excluding hydrogens is 354 g/mol. The van der Waals surface area contributed by atoms with Crippen molar-refractivity contribution in [2.75, 3.05) is 11.9 Å². The number of hydrogen-bond donors (Lipinski definition) is 1. The fraction of sp³-hybridized carbons (Fsp3) is 0.143. The third-order valence-electron chi connectivity index (χ3n) is 4.24. The van der Waals surface area contributed by atoms with Gasteiger partial charge < -0.3 is 10.1 Å². The van der Waals surface area contributed by atoms with Crippen molar-refractivity contribution in [3.05, 3.63) is 72.3 Å². The van der Waals surface area contributed by atoms with Gasteiger partial charge >= 0.3 is 0 Å². The Morgan fingerprint density at radius 3 is 2.64 bits per heavy atom. The summed E-state index contributed by atoms with van der Waals surface area (Å²) in [5, 5.41) is 9.30. The van der Waals surface area contributed by atoms with E-state index in [4.69, 9.17) is 4.74 Å². The van der Waals surface area contributed by atoms with Crippen LogP contribution < -0.4 is 10.1 Å². The van der Waals surface area contributed by atoms with Crippen LogP contribution in [-0.2, 0) is 4.79 Å². The Kier molecular flexibility index (Phi) is 4.72. The molecule has 2 aromatic carbocycles. The summed E-state index contributed by atoms with van der Waals surface area (Å²) in [5.74, 6) is 1.32. The first-order valence-corrected chi connectivity index (χ1v) is 8.85. The molecular formula is C21H19N5O2. The summed E-state index contributed by atoms with van der Waals surface area (Å²) in [6.45, 7) is 3.74. The Labute approximate surface area is 162 Å². The van der Waals surface area contributed by atoms with E-state index in [9.17, 15) is 4.79 Å². The third-order valence-corrected chi connectivity index (χ3v) is 4.24. The first-order chi connectivity index (χ1) is 13.6. The molecule has 0 radical (unpaired) electrons. The van der Waals surface area contributed by atoms with Crippen molar-refractivity contribution in [1.82, 2.24) is 19.7 Å². The highest BCUT2D eigenvalue weighted by Gasteiger charge is 2.09.